The Morgan fingerprint density at radius 2 is 2.00 bits per heavy atom. The summed E-state index contributed by atoms with van der Waals surface area (Å²) >= 11 is 17.3. The molecule has 0 unspecified atom stereocenters. The van der Waals surface area contributed by atoms with Crippen LogP contribution >= 0.6 is 34.8 Å². The fourth-order valence-electron chi connectivity index (χ4n) is 1.24. The van der Waals surface area contributed by atoms with E-state index >= 15 is 0 Å². The van der Waals surface area contributed by atoms with E-state index in [-0.39, 0.29) is 26.7 Å². The van der Waals surface area contributed by atoms with E-state index < -0.39 is 12.6 Å². The Bertz CT molecular complexity index is 509. The van der Waals surface area contributed by atoms with Crippen LogP contribution in [0.1, 0.15) is 30.3 Å². The summed E-state index contributed by atoms with van der Waals surface area (Å²) in [7, 11) is 0. The summed E-state index contributed by atoms with van der Waals surface area (Å²) in [6.45, 7) is 2.14. The van der Waals surface area contributed by atoms with E-state index in [0.717, 1.165) is 12.8 Å². The Labute approximate surface area is 131 Å². The number of amides is 1. The van der Waals surface area contributed by atoms with Crippen LogP contribution in [0.25, 0.3) is 0 Å². The van der Waals surface area contributed by atoms with Gasteiger partial charge in [-0.25, -0.2) is 9.78 Å². The van der Waals surface area contributed by atoms with Crippen LogP contribution < -0.4 is 5.32 Å². The van der Waals surface area contributed by atoms with E-state index in [4.69, 9.17) is 39.5 Å². The number of hydrogen-bond acceptors (Lipinski definition) is 4. The molecule has 0 aliphatic heterocycles. The number of ether oxygens (including phenoxy) is 1. The maximum absolute atomic E-state index is 11.7. The van der Waals surface area contributed by atoms with E-state index in [1.165, 1.54) is 6.20 Å². The molecule has 0 atom stereocenters. The van der Waals surface area contributed by atoms with E-state index in [2.05, 4.69) is 10.3 Å². The zero-order valence-corrected chi connectivity index (χ0v) is 13.0. The Kier molecular flexibility index (Phi) is 7.05. The third-order valence-electron chi connectivity index (χ3n) is 2.30. The smallest absolute Gasteiger partial charge is 0.359 e. The van der Waals surface area contributed by atoms with Crippen LogP contribution in [0.15, 0.2) is 6.20 Å². The van der Waals surface area contributed by atoms with Crippen molar-refractivity contribution in [1.29, 1.82) is 0 Å². The lowest BCUT2D eigenvalue weighted by Crippen LogP contribution is -2.29. The minimum atomic E-state index is -0.834. The molecule has 110 valence electrons. The van der Waals surface area contributed by atoms with Gasteiger partial charge in [0.2, 0.25) is 0 Å². The lowest BCUT2D eigenvalue weighted by atomic mass is 10.3. The highest BCUT2D eigenvalue weighted by atomic mass is 35.5. The predicted octanol–water partition coefficient (Wildman–Crippen LogP) is 3.11. The van der Waals surface area contributed by atoms with Crippen LogP contribution in [-0.2, 0) is 9.53 Å². The zero-order valence-electron chi connectivity index (χ0n) is 10.7. The average molecular weight is 340 g/mol. The van der Waals surface area contributed by atoms with Gasteiger partial charge in [-0.1, -0.05) is 48.1 Å². The Morgan fingerprint density at radius 3 is 2.65 bits per heavy atom. The highest BCUT2D eigenvalue weighted by molar-refractivity contribution is 6.48. The molecular formula is C12H13Cl3N2O3. The molecule has 0 saturated heterocycles. The first kappa shape index (κ1) is 17.0. The van der Waals surface area contributed by atoms with Gasteiger partial charge in [0.1, 0.15) is 0 Å². The first-order valence-corrected chi connectivity index (χ1v) is 7.04. The quantitative estimate of drug-likeness (QED) is 0.638. The molecule has 0 fully saturated rings. The predicted molar refractivity (Wildman–Crippen MR) is 77.5 cm³/mol. The monoisotopic (exact) mass is 338 g/mol. The summed E-state index contributed by atoms with van der Waals surface area (Å²) in [4.78, 5) is 26.8. The number of aromatic nitrogens is 1. The molecule has 20 heavy (non-hydrogen) atoms. The molecule has 1 amide bonds. The third kappa shape index (κ3) is 4.81. The van der Waals surface area contributed by atoms with Crippen molar-refractivity contribution in [1.82, 2.24) is 10.3 Å². The van der Waals surface area contributed by atoms with Crippen LogP contribution in [0.4, 0.5) is 0 Å². The highest BCUT2D eigenvalue weighted by Crippen LogP contribution is 2.31. The molecule has 0 radical (unpaired) electrons. The second kappa shape index (κ2) is 8.29. The third-order valence-corrected chi connectivity index (χ3v) is 3.54. The minimum Gasteiger partial charge on any atom is -0.451 e. The zero-order chi connectivity index (χ0) is 15.1. The number of halogens is 3. The van der Waals surface area contributed by atoms with Gasteiger partial charge in [0.05, 0.1) is 15.1 Å². The molecule has 1 N–H and O–H groups in total. The van der Waals surface area contributed by atoms with Gasteiger partial charge in [-0.3, -0.25) is 4.79 Å². The number of esters is 1. The summed E-state index contributed by atoms with van der Waals surface area (Å²) in [5.41, 5.74) is -0.178. The number of hydrogen-bond donors (Lipinski definition) is 1. The first-order valence-electron chi connectivity index (χ1n) is 5.90. The summed E-state index contributed by atoms with van der Waals surface area (Å²) in [5.74, 6) is -1.22. The van der Waals surface area contributed by atoms with Gasteiger partial charge in [-0.2, -0.15) is 0 Å². The molecule has 0 saturated carbocycles. The molecule has 8 heteroatoms. The van der Waals surface area contributed by atoms with Crippen molar-refractivity contribution in [2.75, 3.05) is 13.2 Å². The minimum absolute atomic E-state index is 0.0164. The lowest BCUT2D eigenvalue weighted by Gasteiger charge is -2.07. The fourth-order valence-corrected chi connectivity index (χ4v) is 1.80. The number of nitrogens with zero attached hydrogens (tertiary/aromatic N) is 1. The molecular weight excluding hydrogens is 327 g/mol. The fraction of sp³-hybridized carbons (Fsp3) is 0.417. The summed E-state index contributed by atoms with van der Waals surface area (Å²) < 4.78 is 4.80. The standard InChI is InChI=1S/C12H13Cl3N2O3/c1-2-3-4-16-8(18)6-20-12(19)11-10(15)9(14)7(13)5-17-11/h5H,2-4,6H2,1H3,(H,16,18). The van der Waals surface area contributed by atoms with Crippen LogP contribution in [0.2, 0.25) is 15.1 Å². The summed E-state index contributed by atoms with van der Waals surface area (Å²) in [5, 5.41) is 2.65. The van der Waals surface area contributed by atoms with Crippen LogP contribution in [-0.4, -0.2) is 30.0 Å². The van der Waals surface area contributed by atoms with Gasteiger partial charge >= 0.3 is 5.97 Å². The number of nitrogens with one attached hydrogen (secondary N) is 1. The lowest BCUT2D eigenvalue weighted by molar-refractivity contribution is -0.124. The maximum Gasteiger partial charge on any atom is 0.359 e. The number of pyridine rings is 1. The molecule has 0 spiro atoms. The van der Waals surface area contributed by atoms with Gasteiger partial charge in [-0.15, -0.1) is 0 Å². The second-order valence-corrected chi connectivity index (χ2v) is 5.03. The van der Waals surface area contributed by atoms with Crippen molar-refractivity contribution in [3.8, 4) is 0 Å². The summed E-state index contributed by atoms with van der Waals surface area (Å²) in [6, 6.07) is 0. The van der Waals surface area contributed by atoms with Crippen molar-refractivity contribution in [2.24, 2.45) is 0 Å². The van der Waals surface area contributed by atoms with Crippen molar-refractivity contribution >= 4 is 46.7 Å². The molecule has 0 aromatic carbocycles. The molecule has 0 aliphatic carbocycles. The Morgan fingerprint density at radius 1 is 1.30 bits per heavy atom. The second-order valence-electron chi connectivity index (χ2n) is 3.86. The molecule has 1 heterocycles. The largest absolute Gasteiger partial charge is 0.451 e. The topological polar surface area (TPSA) is 68.3 Å². The maximum atomic E-state index is 11.7. The molecule has 0 bridgehead atoms. The molecule has 5 nitrogen and oxygen atoms in total. The van der Waals surface area contributed by atoms with E-state index in [9.17, 15) is 9.59 Å². The Hall–Kier alpha value is -1.04. The number of carbonyl (C=O) groups is 2. The van der Waals surface area contributed by atoms with E-state index in [1.54, 1.807) is 0 Å². The SMILES string of the molecule is CCCCNC(=O)COC(=O)c1ncc(Cl)c(Cl)c1Cl. The molecule has 1 rings (SSSR count). The molecule has 0 aliphatic rings. The van der Waals surface area contributed by atoms with Crippen LogP contribution in [0, 0.1) is 0 Å². The number of rotatable bonds is 6. The van der Waals surface area contributed by atoms with Gasteiger partial charge in [-0.05, 0) is 6.42 Å². The first-order chi connectivity index (χ1) is 9.47. The van der Waals surface area contributed by atoms with Gasteiger partial charge < -0.3 is 10.1 Å². The number of carbonyl (C=O) groups excluding carboxylic acids is 2. The van der Waals surface area contributed by atoms with Gasteiger partial charge in [0, 0.05) is 12.7 Å². The van der Waals surface area contributed by atoms with Crippen molar-refractivity contribution in [2.45, 2.75) is 19.8 Å². The van der Waals surface area contributed by atoms with Crippen LogP contribution in [0.5, 0.6) is 0 Å². The Balaban J connectivity index is 2.55. The van der Waals surface area contributed by atoms with Gasteiger partial charge in [0.25, 0.3) is 5.91 Å². The van der Waals surface area contributed by atoms with Crippen molar-refractivity contribution in [3.05, 3.63) is 27.0 Å². The van der Waals surface area contributed by atoms with E-state index in [1.807, 2.05) is 6.92 Å². The van der Waals surface area contributed by atoms with Crippen molar-refractivity contribution < 1.29 is 14.3 Å². The van der Waals surface area contributed by atoms with E-state index in [0.29, 0.717) is 6.54 Å². The molecule has 1 aromatic heterocycles. The molecule has 1 aromatic rings. The van der Waals surface area contributed by atoms with Crippen LogP contribution in [0.3, 0.4) is 0 Å². The highest BCUT2D eigenvalue weighted by Gasteiger charge is 2.19. The normalized spacial score (nSPS) is 10.2. The van der Waals surface area contributed by atoms with Crippen molar-refractivity contribution in [3.63, 3.8) is 0 Å². The average Bonchev–Trinajstić information content (AvgIpc) is 2.42. The number of unbranched alkanes of at least 4 members (excludes halogenated alkanes) is 1. The van der Waals surface area contributed by atoms with Gasteiger partial charge in [0.15, 0.2) is 12.3 Å². The summed E-state index contributed by atoms with van der Waals surface area (Å²) in [6.07, 6.45) is 3.01.